The van der Waals surface area contributed by atoms with Crippen LogP contribution >= 0.6 is 0 Å². The van der Waals surface area contributed by atoms with Crippen LogP contribution in [0.4, 0.5) is 0 Å². The Balaban J connectivity index is 1.82. The van der Waals surface area contributed by atoms with E-state index in [2.05, 4.69) is 0 Å². The molecule has 1 aliphatic carbocycles. The average molecular weight is 532 g/mol. The summed E-state index contributed by atoms with van der Waals surface area (Å²) < 4.78 is 10.0. The van der Waals surface area contributed by atoms with Crippen LogP contribution in [-0.4, -0.2) is 82.4 Å². The van der Waals surface area contributed by atoms with Crippen molar-refractivity contribution in [3.05, 3.63) is 59.7 Å². The first-order chi connectivity index (χ1) is 17.7. The molecule has 0 bridgehead atoms. The Bertz CT molecular complexity index is 1300. The molecule has 1 fully saturated rings. The number of rotatable bonds is 7. The number of aromatic hydroxyl groups is 4. The van der Waals surface area contributed by atoms with Gasteiger partial charge in [0.1, 0.15) is 6.10 Å². The number of carbonyl (C=O) groups excluding carboxylic acids is 2. The molecule has 0 aliphatic heterocycles. The second kappa shape index (κ2) is 10.8. The molecule has 0 unspecified atom stereocenters. The molecule has 8 N–H and O–H groups in total. The number of aliphatic hydroxyl groups excluding tert-OH is 1. The predicted octanol–water partition coefficient (Wildman–Crippen LogP) is 0.350. The van der Waals surface area contributed by atoms with Crippen LogP contribution in [0.2, 0.25) is 0 Å². The third-order valence-corrected chi connectivity index (χ3v) is 5.74. The van der Waals surface area contributed by atoms with Crippen molar-refractivity contribution in [2.45, 2.75) is 36.4 Å². The number of aliphatic hydroxyl groups is 3. The number of hydrogen-bond acceptors (Lipinski definition) is 12. The van der Waals surface area contributed by atoms with Crippen LogP contribution in [0.25, 0.3) is 12.2 Å². The normalized spacial score (nSPS) is 25.3. The van der Waals surface area contributed by atoms with Gasteiger partial charge < -0.3 is 50.3 Å². The Morgan fingerprint density at radius 1 is 0.789 bits per heavy atom. The zero-order chi connectivity index (χ0) is 28.3. The average Bonchev–Trinajstić information content (AvgIpc) is 2.84. The third-order valence-electron chi connectivity index (χ3n) is 5.74. The summed E-state index contributed by atoms with van der Waals surface area (Å²) in [6.45, 7) is 0. The Labute approximate surface area is 214 Å². The van der Waals surface area contributed by atoms with Crippen LogP contribution in [0.3, 0.4) is 0 Å². The quantitative estimate of drug-likeness (QED) is 0.104. The monoisotopic (exact) mass is 532 g/mol. The second-order valence-electron chi connectivity index (χ2n) is 8.52. The first-order valence-corrected chi connectivity index (χ1v) is 10.9. The van der Waals surface area contributed by atoms with Crippen LogP contribution in [-0.2, 0) is 23.9 Å². The summed E-state index contributed by atoms with van der Waals surface area (Å²) in [6.07, 6.45) is -2.32. The second-order valence-corrected chi connectivity index (χ2v) is 8.52. The van der Waals surface area contributed by atoms with Gasteiger partial charge in [0, 0.05) is 25.0 Å². The maximum atomic E-state index is 12.4. The van der Waals surface area contributed by atoms with E-state index in [1.54, 1.807) is 0 Å². The van der Waals surface area contributed by atoms with E-state index in [0.717, 1.165) is 48.6 Å². The number of benzene rings is 2. The molecule has 13 nitrogen and oxygen atoms in total. The van der Waals surface area contributed by atoms with Crippen LogP contribution in [0.5, 0.6) is 23.0 Å². The smallest absolute Gasteiger partial charge is 0.335 e. The number of ether oxygens (including phenoxy) is 2. The molecule has 38 heavy (non-hydrogen) atoms. The maximum Gasteiger partial charge on any atom is 0.335 e. The van der Waals surface area contributed by atoms with Crippen molar-refractivity contribution in [1.82, 2.24) is 0 Å². The number of phenols is 4. The molecule has 0 radical (unpaired) electrons. The van der Waals surface area contributed by atoms with Crippen molar-refractivity contribution in [2.24, 2.45) is 0 Å². The number of carbonyl (C=O) groups is 3. The van der Waals surface area contributed by atoms with Gasteiger partial charge in [-0.3, -0.25) is 0 Å². The SMILES string of the molecule is O=C(C=Cc1ccc(O)c(O)c1)O[C@H]1C[C@@](O)(C(=O)O)C[C@@H](O)[C@]1(O)OC(=O)C=Cc1ccc(O)c(O)c1. The van der Waals surface area contributed by atoms with E-state index >= 15 is 0 Å². The number of hydrogen-bond donors (Lipinski definition) is 8. The molecule has 4 atom stereocenters. The van der Waals surface area contributed by atoms with Gasteiger partial charge in [-0.2, -0.15) is 0 Å². The highest BCUT2D eigenvalue weighted by Crippen LogP contribution is 2.39. The standard InChI is InChI=1S/C25H24O13/c26-15-5-1-13(9-17(15)28)3-7-21(31)37-20-12-24(35,23(33)34)11-19(30)25(20,36)38-22(32)8-4-14-2-6-16(27)18(29)10-14/h1-10,19-20,26-30,35-36H,11-12H2,(H,33,34)/t19-,20+,24-,25+/m1/s1. The lowest BCUT2D eigenvalue weighted by atomic mass is 9.77. The van der Waals surface area contributed by atoms with E-state index < -0.39 is 77.3 Å². The lowest BCUT2D eigenvalue weighted by Crippen LogP contribution is -2.66. The minimum absolute atomic E-state index is 0.238. The van der Waals surface area contributed by atoms with E-state index in [-0.39, 0.29) is 11.1 Å². The molecule has 1 saturated carbocycles. The fourth-order valence-corrected chi connectivity index (χ4v) is 3.64. The van der Waals surface area contributed by atoms with Crippen molar-refractivity contribution < 1.29 is 64.7 Å². The molecule has 0 heterocycles. The molecule has 2 aromatic rings. The number of aliphatic carboxylic acids is 1. The molecular formula is C25H24O13. The van der Waals surface area contributed by atoms with Gasteiger partial charge in [-0.25, -0.2) is 14.4 Å². The minimum atomic E-state index is -2.97. The summed E-state index contributed by atoms with van der Waals surface area (Å²) >= 11 is 0. The molecule has 3 rings (SSSR count). The van der Waals surface area contributed by atoms with Crippen molar-refractivity contribution in [2.75, 3.05) is 0 Å². The summed E-state index contributed by atoms with van der Waals surface area (Å²) in [7, 11) is 0. The summed E-state index contributed by atoms with van der Waals surface area (Å²) in [6, 6.07) is 7.20. The van der Waals surface area contributed by atoms with E-state index in [4.69, 9.17) is 9.47 Å². The Morgan fingerprint density at radius 2 is 1.29 bits per heavy atom. The van der Waals surface area contributed by atoms with Gasteiger partial charge in [0.2, 0.25) is 0 Å². The Morgan fingerprint density at radius 3 is 1.76 bits per heavy atom. The highest BCUT2D eigenvalue weighted by Gasteiger charge is 2.61. The Kier molecular flexibility index (Phi) is 7.96. The van der Waals surface area contributed by atoms with E-state index in [0.29, 0.717) is 0 Å². The van der Waals surface area contributed by atoms with Crippen LogP contribution in [0.1, 0.15) is 24.0 Å². The van der Waals surface area contributed by atoms with Gasteiger partial charge in [-0.1, -0.05) is 12.1 Å². The lowest BCUT2D eigenvalue weighted by Gasteiger charge is -2.45. The maximum absolute atomic E-state index is 12.4. The molecule has 2 aromatic carbocycles. The topological polar surface area (TPSA) is 232 Å². The summed E-state index contributed by atoms with van der Waals surface area (Å²) in [5, 5.41) is 79.0. The Hall–Kier alpha value is -4.59. The number of phenolic OH excluding ortho intramolecular Hbond substituents is 4. The first kappa shape index (κ1) is 28.0. The summed E-state index contributed by atoms with van der Waals surface area (Å²) in [5.41, 5.74) is -2.16. The van der Waals surface area contributed by atoms with E-state index in [1.165, 1.54) is 12.1 Å². The van der Waals surface area contributed by atoms with Crippen molar-refractivity contribution >= 4 is 30.1 Å². The molecule has 202 valence electrons. The lowest BCUT2D eigenvalue weighted by molar-refractivity contribution is -0.314. The molecule has 1 aliphatic rings. The zero-order valence-corrected chi connectivity index (χ0v) is 19.5. The van der Waals surface area contributed by atoms with Gasteiger partial charge in [0.05, 0.1) is 0 Å². The fourth-order valence-electron chi connectivity index (χ4n) is 3.64. The van der Waals surface area contributed by atoms with Crippen LogP contribution < -0.4 is 0 Å². The highest BCUT2D eigenvalue weighted by atomic mass is 16.7. The van der Waals surface area contributed by atoms with Crippen molar-refractivity contribution in [3.8, 4) is 23.0 Å². The predicted molar refractivity (Wildman–Crippen MR) is 126 cm³/mol. The van der Waals surface area contributed by atoms with Crippen LogP contribution in [0.15, 0.2) is 48.6 Å². The molecule has 0 spiro atoms. The van der Waals surface area contributed by atoms with Gasteiger partial charge in [0.25, 0.3) is 5.79 Å². The molecule has 0 saturated heterocycles. The molecular weight excluding hydrogens is 508 g/mol. The third kappa shape index (κ3) is 6.21. The van der Waals surface area contributed by atoms with Gasteiger partial charge in [-0.05, 0) is 47.5 Å². The number of carboxylic acid groups (broad SMARTS) is 1. The van der Waals surface area contributed by atoms with Gasteiger partial charge in [-0.15, -0.1) is 0 Å². The molecule has 0 amide bonds. The largest absolute Gasteiger partial charge is 0.504 e. The zero-order valence-electron chi connectivity index (χ0n) is 19.5. The molecule has 13 heteroatoms. The first-order valence-electron chi connectivity index (χ1n) is 10.9. The van der Waals surface area contributed by atoms with Crippen LogP contribution in [0, 0.1) is 0 Å². The fraction of sp³-hybridized carbons (Fsp3) is 0.240. The summed E-state index contributed by atoms with van der Waals surface area (Å²) in [4.78, 5) is 36.4. The number of carboxylic acids is 1. The van der Waals surface area contributed by atoms with E-state index in [1.807, 2.05) is 0 Å². The van der Waals surface area contributed by atoms with E-state index in [9.17, 15) is 55.2 Å². The molecule has 0 aromatic heterocycles. The van der Waals surface area contributed by atoms with Gasteiger partial charge in [0.15, 0.2) is 34.7 Å². The van der Waals surface area contributed by atoms with Gasteiger partial charge >= 0.3 is 17.9 Å². The number of esters is 2. The van der Waals surface area contributed by atoms with Crippen molar-refractivity contribution in [3.63, 3.8) is 0 Å². The van der Waals surface area contributed by atoms with Crippen molar-refractivity contribution in [1.29, 1.82) is 0 Å². The minimum Gasteiger partial charge on any atom is -0.504 e. The highest BCUT2D eigenvalue weighted by molar-refractivity contribution is 5.88. The summed E-state index contributed by atoms with van der Waals surface area (Å²) in [5.74, 6) is -8.98.